The number of anilines is 1. The van der Waals surface area contributed by atoms with Gasteiger partial charge in [-0.1, -0.05) is 59.6 Å². The molecule has 0 unspecified atom stereocenters. The molecule has 0 saturated heterocycles. The number of halogens is 2. The average molecular weight is 402 g/mol. The van der Waals surface area contributed by atoms with Crippen LogP contribution in [0.1, 0.15) is 10.4 Å². The van der Waals surface area contributed by atoms with Crippen molar-refractivity contribution in [3.8, 4) is 0 Å². The maximum absolute atomic E-state index is 12.6. The molecule has 0 aliphatic heterocycles. The monoisotopic (exact) mass is 401 g/mol. The van der Waals surface area contributed by atoms with Crippen molar-refractivity contribution in [1.82, 2.24) is 5.32 Å². The summed E-state index contributed by atoms with van der Waals surface area (Å²) in [7, 11) is 0. The lowest BCUT2D eigenvalue weighted by molar-refractivity contribution is 0.0977. The highest BCUT2D eigenvalue weighted by molar-refractivity contribution is 6.42. The summed E-state index contributed by atoms with van der Waals surface area (Å²) in [5.41, 5.74) is 1.90. The lowest BCUT2D eigenvalue weighted by atomic mass is 10.2. The number of aliphatic imine (C=N–C) groups is 1. The number of nitrogens with zero attached hydrogens (tertiary/aromatic N) is 1. The zero-order valence-electron chi connectivity index (χ0n) is 14.1. The van der Waals surface area contributed by atoms with E-state index in [1.54, 1.807) is 12.1 Å². The highest BCUT2D eigenvalue weighted by Crippen LogP contribution is 2.22. The number of carbonyl (C=O) groups is 1. The highest BCUT2D eigenvalue weighted by atomic mass is 35.5. The van der Waals surface area contributed by atoms with Crippen LogP contribution in [-0.4, -0.2) is 17.3 Å². The Balaban J connectivity index is 0.00000261. The molecule has 0 radical (unpaired) electrons. The predicted octanol–water partition coefficient (Wildman–Crippen LogP) is 4.70. The molecule has 0 aliphatic carbocycles. The summed E-state index contributed by atoms with van der Waals surface area (Å²) in [5, 5.41) is 6.60. The largest absolute Gasteiger partial charge is 0.412 e. The van der Waals surface area contributed by atoms with Crippen molar-refractivity contribution in [2.24, 2.45) is 4.99 Å². The second-order valence-corrected chi connectivity index (χ2v) is 6.18. The summed E-state index contributed by atoms with van der Waals surface area (Å²) in [6.45, 7) is 0. The number of benzene rings is 3. The minimum absolute atomic E-state index is 0. The third-order valence-electron chi connectivity index (χ3n) is 3.45. The Bertz CT molecular complexity index is 932. The van der Waals surface area contributed by atoms with E-state index in [9.17, 15) is 4.79 Å². The van der Waals surface area contributed by atoms with Gasteiger partial charge in [0.1, 0.15) is 0 Å². The minimum Gasteiger partial charge on any atom is -0.412 e. The number of hydrogen-bond acceptors (Lipinski definition) is 2. The fourth-order valence-corrected chi connectivity index (χ4v) is 2.49. The fraction of sp³-hybridized carbons (Fsp3) is 0. The van der Waals surface area contributed by atoms with Crippen LogP contribution in [0.4, 0.5) is 11.4 Å². The molecule has 0 heterocycles. The van der Waals surface area contributed by atoms with E-state index in [2.05, 4.69) is 15.6 Å². The van der Waals surface area contributed by atoms with Gasteiger partial charge in [0.05, 0.1) is 15.7 Å². The lowest BCUT2D eigenvalue weighted by Gasteiger charge is -2.12. The summed E-state index contributed by atoms with van der Waals surface area (Å²) >= 11 is 11.9. The van der Waals surface area contributed by atoms with E-state index in [-0.39, 0.29) is 11.4 Å². The first-order valence-electron chi connectivity index (χ1n) is 7.84. The zero-order valence-corrected chi connectivity index (χ0v) is 15.6. The third-order valence-corrected chi connectivity index (χ3v) is 4.19. The van der Waals surface area contributed by atoms with E-state index >= 15 is 0 Å². The average Bonchev–Trinajstić information content (AvgIpc) is 2.65. The summed E-state index contributed by atoms with van der Waals surface area (Å²) in [5.74, 6) is -0.0415. The molecule has 0 fully saturated rings. The molecule has 138 valence electrons. The Hall–Kier alpha value is -2.86. The topological polar surface area (TPSA) is 85.0 Å². The summed E-state index contributed by atoms with van der Waals surface area (Å²) in [4.78, 5) is 17.0. The highest BCUT2D eigenvalue weighted by Gasteiger charge is 2.11. The summed E-state index contributed by atoms with van der Waals surface area (Å²) in [6, 6.07) is 23.5. The Labute approximate surface area is 167 Å². The van der Waals surface area contributed by atoms with E-state index in [1.807, 2.05) is 60.7 Å². The van der Waals surface area contributed by atoms with Crippen molar-refractivity contribution in [2.45, 2.75) is 0 Å². The Kier molecular flexibility index (Phi) is 7.37. The predicted molar refractivity (Wildman–Crippen MR) is 111 cm³/mol. The van der Waals surface area contributed by atoms with Crippen molar-refractivity contribution in [2.75, 3.05) is 5.32 Å². The molecule has 5 nitrogen and oxygen atoms in total. The van der Waals surface area contributed by atoms with E-state index in [0.717, 1.165) is 5.69 Å². The number of para-hydroxylation sites is 2. The fourth-order valence-electron chi connectivity index (χ4n) is 2.19. The van der Waals surface area contributed by atoms with Crippen molar-refractivity contribution in [3.05, 3.63) is 94.5 Å². The molecule has 0 spiro atoms. The van der Waals surface area contributed by atoms with E-state index in [1.165, 1.54) is 6.07 Å². The van der Waals surface area contributed by atoms with Crippen LogP contribution in [0.2, 0.25) is 10.0 Å². The summed E-state index contributed by atoms with van der Waals surface area (Å²) in [6.07, 6.45) is 0. The number of nitrogens with one attached hydrogen (secondary N) is 2. The number of guanidine groups is 1. The van der Waals surface area contributed by atoms with Gasteiger partial charge in [0, 0.05) is 11.3 Å². The van der Waals surface area contributed by atoms with Gasteiger partial charge in [0.15, 0.2) is 0 Å². The van der Waals surface area contributed by atoms with Crippen LogP contribution in [0.5, 0.6) is 0 Å². The second kappa shape index (κ2) is 9.73. The van der Waals surface area contributed by atoms with Gasteiger partial charge in [-0.2, -0.15) is 0 Å². The molecule has 0 aliphatic rings. The van der Waals surface area contributed by atoms with Crippen LogP contribution in [-0.2, 0) is 0 Å². The number of amides is 1. The molecule has 27 heavy (non-hydrogen) atoms. The smallest absolute Gasteiger partial charge is 0.258 e. The van der Waals surface area contributed by atoms with E-state index < -0.39 is 0 Å². The van der Waals surface area contributed by atoms with Crippen molar-refractivity contribution in [1.29, 1.82) is 0 Å². The number of rotatable bonds is 3. The van der Waals surface area contributed by atoms with Crippen LogP contribution >= 0.6 is 23.2 Å². The molecule has 0 bridgehead atoms. The van der Waals surface area contributed by atoms with Crippen molar-refractivity contribution < 1.29 is 10.3 Å². The Morgan fingerprint density at radius 1 is 0.815 bits per heavy atom. The van der Waals surface area contributed by atoms with Crippen LogP contribution < -0.4 is 10.6 Å². The standard InChI is InChI=1S/C20H15Cl2N3O.H2O/c21-17-12-11-14(13-18(17)22)19(26)25-20(23-15-7-3-1-4-8-15)24-16-9-5-2-6-10-16;/h1-13H,(H2,23,24,25,26);1H2. The molecular weight excluding hydrogens is 385 g/mol. The van der Waals surface area contributed by atoms with Gasteiger partial charge in [-0.3, -0.25) is 10.1 Å². The Morgan fingerprint density at radius 2 is 1.44 bits per heavy atom. The maximum atomic E-state index is 12.6. The third kappa shape index (κ3) is 5.82. The van der Waals surface area contributed by atoms with Gasteiger partial charge in [-0.05, 0) is 42.5 Å². The molecule has 4 N–H and O–H groups in total. The van der Waals surface area contributed by atoms with Gasteiger partial charge < -0.3 is 10.8 Å². The molecule has 7 heteroatoms. The van der Waals surface area contributed by atoms with Crippen LogP contribution in [0.25, 0.3) is 0 Å². The maximum Gasteiger partial charge on any atom is 0.258 e. The van der Waals surface area contributed by atoms with Crippen LogP contribution in [0.3, 0.4) is 0 Å². The Morgan fingerprint density at radius 3 is 2.07 bits per heavy atom. The SMILES string of the molecule is O.O=C(NC(=Nc1ccccc1)Nc1ccccc1)c1ccc(Cl)c(Cl)c1. The first kappa shape index (κ1) is 20.5. The van der Waals surface area contributed by atoms with Gasteiger partial charge in [-0.25, -0.2) is 4.99 Å². The minimum atomic E-state index is -0.346. The van der Waals surface area contributed by atoms with Gasteiger partial charge in [0.25, 0.3) is 5.91 Å². The quantitative estimate of drug-likeness (QED) is 0.492. The molecule has 0 aromatic heterocycles. The van der Waals surface area contributed by atoms with Crippen LogP contribution in [0, 0.1) is 0 Å². The van der Waals surface area contributed by atoms with Crippen molar-refractivity contribution >= 4 is 46.4 Å². The molecule has 0 saturated carbocycles. The number of carbonyl (C=O) groups excluding carboxylic acids is 1. The first-order valence-corrected chi connectivity index (χ1v) is 8.59. The van der Waals surface area contributed by atoms with E-state index in [0.29, 0.717) is 27.3 Å². The summed E-state index contributed by atoms with van der Waals surface area (Å²) < 4.78 is 0. The van der Waals surface area contributed by atoms with E-state index in [4.69, 9.17) is 23.2 Å². The number of hydrogen-bond donors (Lipinski definition) is 2. The second-order valence-electron chi connectivity index (χ2n) is 5.37. The van der Waals surface area contributed by atoms with Gasteiger partial charge in [0.2, 0.25) is 5.96 Å². The first-order chi connectivity index (χ1) is 12.6. The van der Waals surface area contributed by atoms with Crippen LogP contribution in [0.15, 0.2) is 83.9 Å². The lowest BCUT2D eigenvalue weighted by Crippen LogP contribution is -2.35. The molecule has 3 rings (SSSR count). The normalized spacial score (nSPS) is 10.7. The zero-order chi connectivity index (χ0) is 18.4. The molecule has 1 amide bonds. The van der Waals surface area contributed by atoms with Crippen molar-refractivity contribution in [3.63, 3.8) is 0 Å². The molecule has 0 atom stereocenters. The van der Waals surface area contributed by atoms with Gasteiger partial charge in [-0.15, -0.1) is 0 Å². The molecule has 3 aromatic rings. The van der Waals surface area contributed by atoms with Gasteiger partial charge >= 0.3 is 0 Å². The molecule has 3 aromatic carbocycles. The molecular formula is C20H17Cl2N3O2.